The number of carbonyl (C=O) groups excluding carboxylic acids is 1. The summed E-state index contributed by atoms with van der Waals surface area (Å²) in [4.78, 5) is 31.2. The van der Waals surface area contributed by atoms with Crippen LogP contribution in [0.1, 0.15) is 20.7 Å². The van der Waals surface area contributed by atoms with Gasteiger partial charge >= 0.3 is 11.9 Å². The Hall–Kier alpha value is -3.65. The van der Waals surface area contributed by atoms with Gasteiger partial charge in [0.05, 0.1) is 23.9 Å². The maximum absolute atomic E-state index is 11.5. The highest BCUT2D eigenvalue weighted by Gasteiger charge is 2.10. The molecule has 3 N–H and O–H groups in total. The van der Waals surface area contributed by atoms with Gasteiger partial charge in [-0.2, -0.15) is 4.98 Å². The molecule has 1 aromatic heterocycles. The number of carboxylic acids is 1. The Bertz CT molecular complexity index is 980. The number of nitrogens with one attached hydrogen (secondary N) is 2. The molecule has 0 fully saturated rings. The second-order valence-corrected chi connectivity index (χ2v) is 5.44. The number of aromatic nitrogens is 2. The minimum Gasteiger partial charge on any atom is -0.478 e. The zero-order valence-electron chi connectivity index (χ0n) is 14.7. The molecule has 0 aliphatic heterocycles. The number of nitrogens with zero attached hydrogens (tertiary/aromatic N) is 2. The lowest BCUT2D eigenvalue weighted by Gasteiger charge is -2.10. The predicted octanol–water partition coefficient (Wildman–Crippen LogP) is 3.87. The zero-order chi connectivity index (χ0) is 19.2. The van der Waals surface area contributed by atoms with E-state index in [-0.39, 0.29) is 18.0 Å². The van der Waals surface area contributed by atoms with Crippen LogP contribution >= 0.6 is 12.4 Å². The summed E-state index contributed by atoms with van der Waals surface area (Å²) in [6.07, 6.45) is 1.55. The Labute approximate surface area is 167 Å². The summed E-state index contributed by atoms with van der Waals surface area (Å²) >= 11 is 0. The average molecular weight is 401 g/mol. The molecular weight excluding hydrogens is 384 g/mol. The van der Waals surface area contributed by atoms with Crippen molar-refractivity contribution in [3.63, 3.8) is 0 Å². The van der Waals surface area contributed by atoms with Gasteiger partial charge in [-0.3, -0.25) is 0 Å². The number of hydrogen-bond donors (Lipinski definition) is 3. The number of anilines is 4. The Kier molecular flexibility index (Phi) is 6.89. The highest BCUT2D eigenvalue weighted by molar-refractivity contribution is 5.95. The summed E-state index contributed by atoms with van der Waals surface area (Å²) in [5.41, 5.74) is 1.69. The van der Waals surface area contributed by atoms with Gasteiger partial charge in [0.2, 0.25) is 5.95 Å². The normalized spacial score (nSPS) is 9.75. The number of methoxy groups -OCH3 is 1. The molecule has 0 aliphatic carbocycles. The van der Waals surface area contributed by atoms with Crippen LogP contribution in [0, 0.1) is 0 Å². The quantitative estimate of drug-likeness (QED) is 0.534. The number of hydrogen-bond acceptors (Lipinski definition) is 7. The molecule has 1 heterocycles. The van der Waals surface area contributed by atoms with Crippen molar-refractivity contribution in [1.29, 1.82) is 0 Å². The molecule has 0 radical (unpaired) electrons. The van der Waals surface area contributed by atoms with Crippen molar-refractivity contribution in [3.05, 3.63) is 71.9 Å². The minimum absolute atomic E-state index is 0. The number of halogens is 1. The van der Waals surface area contributed by atoms with Crippen LogP contribution in [-0.4, -0.2) is 34.1 Å². The Morgan fingerprint density at radius 3 is 2.39 bits per heavy atom. The topological polar surface area (TPSA) is 113 Å². The Morgan fingerprint density at radius 2 is 1.71 bits per heavy atom. The molecule has 0 atom stereocenters. The molecule has 0 unspecified atom stereocenters. The SMILES string of the molecule is COC(=O)c1ccc(Nc2nccc(Nc3ccccc3C(=O)O)n2)cc1.Cl. The van der Waals surface area contributed by atoms with E-state index in [1.54, 1.807) is 54.7 Å². The molecule has 0 saturated heterocycles. The summed E-state index contributed by atoms with van der Waals surface area (Å²) < 4.78 is 4.66. The second kappa shape index (κ2) is 9.33. The summed E-state index contributed by atoms with van der Waals surface area (Å²) in [5, 5.41) is 15.3. The van der Waals surface area contributed by atoms with E-state index in [1.807, 2.05) is 0 Å². The molecule has 3 aromatic rings. The molecule has 3 rings (SSSR count). The van der Waals surface area contributed by atoms with E-state index in [4.69, 9.17) is 0 Å². The average Bonchev–Trinajstić information content (AvgIpc) is 2.68. The molecule has 2 aromatic carbocycles. The van der Waals surface area contributed by atoms with Gasteiger partial charge in [-0.25, -0.2) is 14.6 Å². The van der Waals surface area contributed by atoms with E-state index in [2.05, 4.69) is 25.3 Å². The lowest BCUT2D eigenvalue weighted by molar-refractivity contribution is 0.0600. The minimum atomic E-state index is -1.03. The smallest absolute Gasteiger partial charge is 0.337 e. The first-order chi connectivity index (χ1) is 13.1. The van der Waals surface area contributed by atoms with Crippen LogP contribution in [0.2, 0.25) is 0 Å². The fraction of sp³-hybridized carbons (Fsp3) is 0.0526. The largest absolute Gasteiger partial charge is 0.478 e. The van der Waals surface area contributed by atoms with E-state index >= 15 is 0 Å². The van der Waals surface area contributed by atoms with Crippen LogP contribution < -0.4 is 10.6 Å². The van der Waals surface area contributed by atoms with Crippen LogP contribution in [0.25, 0.3) is 0 Å². The molecule has 0 saturated carbocycles. The van der Waals surface area contributed by atoms with Crippen LogP contribution in [0.4, 0.5) is 23.1 Å². The van der Waals surface area contributed by atoms with E-state index in [1.165, 1.54) is 13.2 Å². The van der Waals surface area contributed by atoms with Gasteiger partial charge in [0.25, 0.3) is 0 Å². The number of esters is 1. The van der Waals surface area contributed by atoms with Crippen LogP contribution in [-0.2, 0) is 4.74 Å². The van der Waals surface area contributed by atoms with Crippen LogP contribution in [0.5, 0.6) is 0 Å². The van der Waals surface area contributed by atoms with E-state index in [0.29, 0.717) is 28.7 Å². The molecule has 0 spiro atoms. The summed E-state index contributed by atoms with van der Waals surface area (Å²) in [6, 6.07) is 14.8. The lowest BCUT2D eigenvalue weighted by Crippen LogP contribution is -2.05. The van der Waals surface area contributed by atoms with Crippen molar-refractivity contribution in [2.45, 2.75) is 0 Å². The first-order valence-electron chi connectivity index (χ1n) is 7.94. The maximum atomic E-state index is 11.5. The standard InChI is InChI=1S/C19H16N4O4.ClH/c1-27-18(26)12-6-8-13(9-7-12)21-19-20-11-10-16(23-19)22-15-5-3-2-4-14(15)17(24)25;/h2-11H,1H3,(H,24,25)(H2,20,21,22,23);1H. The number of rotatable bonds is 6. The number of carbonyl (C=O) groups is 2. The first-order valence-corrected chi connectivity index (χ1v) is 7.94. The molecule has 0 amide bonds. The number of benzene rings is 2. The third kappa shape index (κ3) is 4.95. The van der Waals surface area contributed by atoms with Crippen molar-refractivity contribution in [2.75, 3.05) is 17.7 Å². The molecule has 0 bridgehead atoms. The van der Waals surface area contributed by atoms with E-state index in [9.17, 15) is 14.7 Å². The summed E-state index contributed by atoms with van der Waals surface area (Å²) in [7, 11) is 1.32. The molecule has 8 nitrogen and oxygen atoms in total. The third-order valence-electron chi connectivity index (χ3n) is 3.64. The fourth-order valence-corrected chi connectivity index (χ4v) is 2.34. The molecule has 0 aliphatic rings. The maximum Gasteiger partial charge on any atom is 0.337 e. The Morgan fingerprint density at radius 1 is 1.00 bits per heavy atom. The fourth-order valence-electron chi connectivity index (χ4n) is 2.34. The highest BCUT2D eigenvalue weighted by atomic mass is 35.5. The van der Waals surface area contributed by atoms with Gasteiger partial charge in [0.1, 0.15) is 5.82 Å². The van der Waals surface area contributed by atoms with Crippen molar-refractivity contribution < 1.29 is 19.4 Å². The number of ether oxygens (including phenoxy) is 1. The number of aromatic carboxylic acids is 1. The summed E-state index contributed by atoms with van der Waals surface area (Å²) in [5.74, 6) is -0.691. The molecule has 9 heteroatoms. The van der Waals surface area contributed by atoms with Gasteiger partial charge < -0.3 is 20.5 Å². The van der Waals surface area contributed by atoms with Gasteiger partial charge in [-0.15, -0.1) is 12.4 Å². The first kappa shape index (κ1) is 20.7. The second-order valence-electron chi connectivity index (χ2n) is 5.44. The molecular formula is C19H17ClN4O4. The monoisotopic (exact) mass is 400 g/mol. The van der Waals surface area contributed by atoms with Crippen molar-refractivity contribution in [2.24, 2.45) is 0 Å². The van der Waals surface area contributed by atoms with Gasteiger partial charge in [0.15, 0.2) is 0 Å². The van der Waals surface area contributed by atoms with Gasteiger partial charge in [0, 0.05) is 11.9 Å². The van der Waals surface area contributed by atoms with Crippen LogP contribution in [0.15, 0.2) is 60.8 Å². The lowest BCUT2D eigenvalue weighted by atomic mass is 10.2. The van der Waals surface area contributed by atoms with E-state index < -0.39 is 11.9 Å². The van der Waals surface area contributed by atoms with E-state index in [0.717, 1.165) is 0 Å². The zero-order valence-corrected chi connectivity index (χ0v) is 15.6. The molecule has 28 heavy (non-hydrogen) atoms. The Balaban J connectivity index is 0.00000280. The predicted molar refractivity (Wildman–Crippen MR) is 107 cm³/mol. The van der Waals surface area contributed by atoms with Crippen molar-refractivity contribution >= 4 is 47.5 Å². The number of carboxylic acid groups (broad SMARTS) is 1. The van der Waals surface area contributed by atoms with Crippen LogP contribution in [0.3, 0.4) is 0 Å². The molecule has 144 valence electrons. The van der Waals surface area contributed by atoms with Gasteiger partial charge in [-0.05, 0) is 42.5 Å². The summed E-state index contributed by atoms with van der Waals surface area (Å²) in [6.45, 7) is 0. The number of para-hydroxylation sites is 1. The van der Waals surface area contributed by atoms with Crippen molar-refractivity contribution in [1.82, 2.24) is 9.97 Å². The highest BCUT2D eigenvalue weighted by Crippen LogP contribution is 2.21. The van der Waals surface area contributed by atoms with Gasteiger partial charge in [-0.1, -0.05) is 12.1 Å². The third-order valence-corrected chi connectivity index (χ3v) is 3.64. The van der Waals surface area contributed by atoms with Crippen molar-refractivity contribution in [3.8, 4) is 0 Å².